The van der Waals surface area contributed by atoms with E-state index in [4.69, 9.17) is 32.7 Å². The molecule has 0 bridgehead atoms. The summed E-state index contributed by atoms with van der Waals surface area (Å²) >= 11 is 11.2. The number of carbonyl (C=O) groups excluding carboxylic acids is 2. The lowest BCUT2D eigenvalue weighted by Crippen LogP contribution is -2.29. The first-order chi connectivity index (χ1) is 13.3. The van der Waals surface area contributed by atoms with Crippen molar-refractivity contribution in [3.63, 3.8) is 0 Å². The number of benzene rings is 1. The Morgan fingerprint density at radius 3 is 2.68 bits per heavy atom. The van der Waals surface area contributed by atoms with E-state index >= 15 is 0 Å². The maximum atomic E-state index is 12.6. The molecule has 1 aromatic rings. The fraction of sp³-hybridized carbons (Fsp3) is 0.364. The van der Waals surface area contributed by atoms with Crippen LogP contribution in [0.3, 0.4) is 0 Å². The first kappa shape index (κ1) is 20.7. The molecular formula is C22H22Cl2O4. The normalized spacial score (nSPS) is 26.3. The summed E-state index contributed by atoms with van der Waals surface area (Å²) < 4.78 is 10.5. The van der Waals surface area contributed by atoms with Crippen molar-refractivity contribution in [3.8, 4) is 11.5 Å². The molecule has 3 rings (SSSR count). The van der Waals surface area contributed by atoms with Crippen molar-refractivity contribution in [2.45, 2.75) is 17.7 Å². The summed E-state index contributed by atoms with van der Waals surface area (Å²) in [5, 5.41) is 0. The molecule has 0 saturated heterocycles. The van der Waals surface area contributed by atoms with E-state index in [0.717, 1.165) is 17.6 Å². The SMILES string of the molecule is C=C[C@@H]1C[C@@H](Cc2ccc(OC)c(OC(=O)C(Cl)Cl)c2)[C@H]2C(=O)C=CC(=C)[C@H]21. The molecule has 0 unspecified atom stereocenters. The summed E-state index contributed by atoms with van der Waals surface area (Å²) in [5.74, 6) is 0.393. The van der Waals surface area contributed by atoms with Gasteiger partial charge < -0.3 is 9.47 Å². The molecule has 4 nitrogen and oxygen atoms in total. The van der Waals surface area contributed by atoms with Gasteiger partial charge in [-0.1, -0.05) is 53.6 Å². The van der Waals surface area contributed by atoms with Gasteiger partial charge in [0.05, 0.1) is 7.11 Å². The second-order valence-corrected chi connectivity index (χ2v) is 8.26. The Kier molecular flexibility index (Phi) is 6.31. The predicted molar refractivity (Wildman–Crippen MR) is 110 cm³/mol. The van der Waals surface area contributed by atoms with Gasteiger partial charge in [0, 0.05) is 5.92 Å². The Labute approximate surface area is 174 Å². The second kappa shape index (κ2) is 8.54. The van der Waals surface area contributed by atoms with Gasteiger partial charge in [0.2, 0.25) is 4.84 Å². The highest BCUT2D eigenvalue weighted by Gasteiger charge is 2.47. The summed E-state index contributed by atoms with van der Waals surface area (Å²) in [6, 6.07) is 5.37. The van der Waals surface area contributed by atoms with E-state index in [0.29, 0.717) is 12.2 Å². The minimum atomic E-state index is -1.28. The number of esters is 1. The van der Waals surface area contributed by atoms with Crippen molar-refractivity contribution < 1.29 is 19.1 Å². The number of methoxy groups -OCH3 is 1. The molecular weight excluding hydrogens is 399 g/mol. The van der Waals surface area contributed by atoms with Crippen LogP contribution in [-0.2, 0) is 16.0 Å². The lowest BCUT2D eigenvalue weighted by molar-refractivity contribution is -0.132. The number of hydrogen-bond donors (Lipinski definition) is 0. The maximum absolute atomic E-state index is 12.6. The molecule has 0 spiro atoms. The highest BCUT2D eigenvalue weighted by molar-refractivity contribution is 6.53. The molecule has 148 valence electrons. The van der Waals surface area contributed by atoms with Crippen LogP contribution in [0.4, 0.5) is 0 Å². The number of rotatable bonds is 6. The first-order valence-corrected chi connectivity index (χ1v) is 9.93. The summed E-state index contributed by atoms with van der Waals surface area (Å²) in [6.45, 7) is 8.08. The third-order valence-corrected chi connectivity index (χ3v) is 5.92. The molecule has 0 amide bonds. The minimum absolute atomic E-state index is 0.101. The number of allylic oxidation sites excluding steroid dienone is 4. The van der Waals surface area contributed by atoms with Crippen LogP contribution in [0, 0.1) is 23.7 Å². The number of ether oxygens (including phenoxy) is 2. The molecule has 4 atom stereocenters. The van der Waals surface area contributed by atoms with Crippen LogP contribution in [0.1, 0.15) is 12.0 Å². The average molecular weight is 421 g/mol. The maximum Gasteiger partial charge on any atom is 0.344 e. The van der Waals surface area contributed by atoms with Gasteiger partial charge >= 0.3 is 5.97 Å². The van der Waals surface area contributed by atoms with Crippen molar-refractivity contribution in [1.82, 2.24) is 0 Å². The van der Waals surface area contributed by atoms with Gasteiger partial charge in [-0.3, -0.25) is 4.79 Å². The Morgan fingerprint density at radius 2 is 2.04 bits per heavy atom. The Bertz CT molecular complexity index is 843. The Hall–Kier alpha value is -2.04. The van der Waals surface area contributed by atoms with Gasteiger partial charge in [0.25, 0.3) is 0 Å². The Balaban J connectivity index is 1.86. The number of carbonyl (C=O) groups is 2. The molecule has 0 heterocycles. The third-order valence-electron chi connectivity index (χ3n) is 5.57. The second-order valence-electron chi connectivity index (χ2n) is 7.17. The molecule has 0 N–H and O–H groups in total. The monoisotopic (exact) mass is 420 g/mol. The number of ketones is 1. The van der Waals surface area contributed by atoms with E-state index in [9.17, 15) is 9.59 Å². The molecule has 0 aromatic heterocycles. The number of alkyl halides is 2. The van der Waals surface area contributed by atoms with Gasteiger partial charge in [-0.15, -0.1) is 6.58 Å². The first-order valence-electron chi connectivity index (χ1n) is 9.05. The van der Waals surface area contributed by atoms with Crippen LogP contribution in [0.5, 0.6) is 11.5 Å². The third kappa shape index (κ3) is 4.03. The Morgan fingerprint density at radius 1 is 1.29 bits per heavy atom. The van der Waals surface area contributed by atoms with Crippen LogP contribution in [0.25, 0.3) is 0 Å². The average Bonchev–Trinajstić information content (AvgIpc) is 3.04. The van der Waals surface area contributed by atoms with E-state index in [1.54, 1.807) is 18.2 Å². The minimum Gasteiger partial charge on any atom is -0.493 e. The lowest BCUT2D eigenvalue weighted by atomic mass is 9.75. The zero-order valence-electron chi connectivity index (χ0n) is 15.6. The van der Waals surface area contributed by atoms with Crippen molar-refractivity contribution in [3.05, 3.63) is 60.7 Å². The number of halogens is 2. The van der Waals surface area contributed by atoms with Crippen molar-refractivity contribution >= 4 is 35.0 Å². The highest BCUT2D eigenvalue weighted by Crippen LogP contribution is 2.49. The largest absolute Gasteiger partial charge is 0.493 e. The standard InChI is InChI=1S/C22H22Cl2O4/c1-4-14-11-15(20-16(25)7-5-12(2)19(14)20)9-13-6-8-17(27-3)18(10-13)28-22(26)21(23)24/h4-8,10,14-15,19-21H,1-2,9,11H2,3H3/t14-,15-,19+,20+/m1/s1. The van der Waals surface area contributed by atoms with E-state index in [1.807, 2.05) is 18.2 Å². The van der Waals surface area contributed by atoms with Gasteiger partial charge in [-0.05, 0) is 54.4 Å². The molecule has 1 aromatic carbocycles. The van der Waals surface area contributed by atoms with Gasteiger partial charge in [-0.2, -0.15) is 0 Å². The molecule has 1 fully saturated rings. The summed E-state index contributed by atoms with van der Waals surface area (Å²) in [4.78, 5) is 23.1. The van der Waals surface area contributed by atoms with Crippen LogP contribution in [0.2, 0.25) is 0 Å². The van der Waals surface area contributed by atoms with Crippen LogP contribution in [0.15, 0.2) is 55.2 Å². The van der Waals surface area contributed by atoms with Crippen LogP contribution >= 0.6 is 23.2 Å². The predicted octanol–water partition coefficient (Wildman–Crippen LogP) is 4.70. The fourth-order valence-electron chi connectivity index (χ4n) is 4.37. The van der Waals surface area contributed by atoms with E-state index < -0.39 is 10.8 Å². The van der Waals surface area contributed by atoms with Crippen molar-refractivity contribution in [1.29, 1.82) is 0 Å². The summed E-state index contributed by atoms with van der Waals surface area (Å²) in [5.41, 5.74) is 1.92. The molecule has 1 saturated carbocycles. The highest BCUT2D eigenvalue weighted by atomic mass is 35.5. The zero-order valence-corrected chi connectivity index (χ0v) is 17.1. The van der Waals surface area contributed by atoms with Gasteiger partial charge in [0.1, 0.15) is 0 Å². The molecule has 2 aliphatic rings. The smallest absolute Gasteiger partial charge is 0.344 e. The fourth-order valence-corrected chi connectivity index (χ4v) is 4.45. The number of hydrogen-bond acceptors (Lipinski definition) is 4. The van der Waals surface area contributed by atoms with E-state index in [-0.39, 0.29) is 35.2 Å². The summed E-state index contributed by atoms with van der Waals surface area (Å²) in [7, 11) is 1.49. The molecule has 6 heteroatoms. The molecule has 28 heavy (non-hydrogen) atoms. The topological polar surface area (TPSA) is 52.6 Å². The van der Waals surface area contributed by atoms with Crippen LogP contribution in [-0.4, -0.2) is 23.7 Å². The summed E-state index contributed by atoms with van der Waals surface area (Å²) in [6.07, 6.45) is 6.90. The van der Waals surface area contributed by atoms with E-state index in [2.05, 4.69) is 13.2 Å². The van der Waals surface area contributed by atoms with E-state index in [1.165, 1.54) is 7.11 Å². The van der Waals surface area contributed by atoms with Gasteiger partial charge in [0.15, 0.2) is 17.3 Å². The lowest BCUT2D eigenvalue weighted by Gasteiger charge is -2.28. The van der Waals surface area contributed by atoms with Crippen LogP contribution < -0.4 is 9.47 Å². The van der Waals surface area contributed by atoms with Crippen molar-refractivity contribution in [2.24, 2.45) is 23.7 Å². The molecule has 2 aliphatic carbocycles. The van der Waals surface area contributed by atoms with Gasteiger partial charge in [-0.25, -0.2) is 4.79 Å². The zero-order chi connectivity index (χ0) is 20.4. The quantitative estimate of drug-likeness (QED) is 0.289. The molecule has 0 aliphatic heterocycles. The van der Waals surface area contributed by atoms with Crippen molar-refractivity contribution in [2.75, 3.05) is 7.11 Å². The number of fused-ring (bicyclic) bond motifs is 1. The molecule has 0 radical (unpaired) electrons.